The molecule has 5 nitrogen and oxygen atoms in total. The van der Waals surface area contributed by atoms with Crippen LogP contribution in [0.4, 0.5) is 5.69 Å². The van der Waals surface area contributed by atoms with Crippen LogP contribution in [0, 0.1) is 18.3 Å². The number of aryl methyl sites for hydroxylation is 1. The van der Waals surface area contributed by atoms with Crippen LogP contribution in [0.1, 0.15) is 16.7 Å². The summed E-state index contributed by atoms with van der Waals surface area (Å²) in [6.07, 6.45) is 1.48. The van der Waals surface area contributed by atoms with Crippen molar-refractivity contribution in [2.75, 3.05) is 12.4 Å². The first-order chi connectivity index (χ1) is 15.8. The number of rotatable bonds is 7. The summed E-state index contributed by atoms with van der Waals surface area (Å²) >= 11 is 15.6. The molecule has 0 atom stereocenters. The number of hydrogen-bond donors (Lipinski definition) is 1. The fourth-order valence-corrected chi connectivity index (χ4v) is 3.85. The van der Waals surface area contributed by atoms with Gasteiger partial charge in [0.25, 0.3) is 5.91 Å². The minimum Gasteiger partial charge on any atom is -0.493 e. The number of methoxy groups -OCH3 is 1. The van der Waals surface area contributed by atoms with Gasteiger partial charge in [0.05, 0.1) is 7.11 Å². The van der Waals surface area contributed by atoms with E-state index < -0.39 is 5.91 Å². The van der Waals surface area contributed by atoms with Gasteiger partial charge in [0.1, 0.15) is 18.2 Å². The zero-order chi connectivity index (χ0) is 24.0. The summed E-state index contributed by atoms with van der Waals surface area (Å²) in [5.41, 5.74) is 2.91. The summed E-state index contributed by atoms with van der Waals surface area (Å²) in [5, 5.41) is 13.3. The molecule has 0 spiro atoms. The van der Waals surface area contributed by atoms with E-state index in [2.05, 4.69) is 21.2 Å². The van der Waals surface area contributed by atoms with Crippen molar-refractivity contribution in [3.63, 3.8) is 0 Å². The van der Waals surface area contributed by atoms with E-state index in [0.717, 1.165) is 11.1 Å². The van der Waals surface area contributed by atoms with E-state index in [0.29, 0.717) is 37.3 Å². The van der Waals surface area contributed by atoms with Crippen molar-refractivity contribution in [2.24, 2.45) is 0 Å². The van der Waals surface area contributed by atoms with E-state index in [1.54, 1.807) is 36.4 Å². The van der Waals surface area contributed by atoms with E-state index in [9.17, 15) is 10.1 Å². The molecule has 8 heteroatoms. The maximum atomic E-state index is 12.6. The summed E-state index contributed by atoms with van der Waals surface area (Å²) < 4.78 is 12.0. The number of benzene rings is 3. The van der Waals surface area contributed by atoms with Crippen molar-refractivity contribution in [1.29, 1.82) is 5.26 Å². The average molecular weight is 546 g/mol. The number of hydrogen-bond acceptors (Lipinski definition) is 4. The molecule has 3 aromatic carbocycles. The van der Waals surface area contributed by atoms with Crippen molar-refractivity contribution in [3.8, 4) is 17.6 Å². The van der Waals surface area contributed by atoms with Gasteiger partial charge in [0.2, 0.25) is 0 Å². The van der Waals surface area contributed by atoms with Crippen molar-refractivity contribution >= 4 is 56.8 Å². The van der Waals surface area contributed by atoms with Crippen LogP contribution in [-0.2, 0) is 11.4 Å². The van der Waals surface area contributed by atoms with Gasteiger partial charge in [0, 0.05) is 25.8 Å². The van der Waals surface area contributed by atoms with Crippen LogP contribution < -0.4 is 14.8 Å². The molecule has 0 fully saturated rings. The molecule has 0 aliphatic heterocycles. The van der Waals surface area contributed by atoms with Gasteiger partial charge in [0.15, 0.2) is 11.5 Å². The molecule has 0 aliphatic rings. The molecule has 168 valence electrons. The van der Waals surface area contributed by atoms with Gasteiger partial charge in [-0.05, 0) is 60.5 Å². The number of carbonyl (C=O) groups is 1. The number of ether oxygens (including phenoxy) is 2. The predicted octanol–water partition coefficient (Wildman–Crippen LogP) is 7.20. The number of nitrogens with one attached hydrogen (secondary N) is 1. The molecule has 0 radical (unpaired) electrons. The average Bonchev–Trinajstić information content (AvgIpc) is 2.77. The highest BCUT2D eigenvalue weighted by molar-refractivity contribution is 9.10. The van der Waals surface area contributed by atoms with Gasteiger partial charge < -0.3 is 14.8 Å². The van der Waals surface area contributed by atoms with Gasteiger partial charge in [-0.15, -0.1) is 0 Å². The van der Waals surface area contributed by atoms with Crippen molar-refractivity contribution in [3.05, 3.63) is 91.4 Å². The number of nitrogens with zero attached hydrogens (tertiary/aromatic N) is 1. The Bertz CT molecular complexity index is 1270. The molecule has 0 aromatic heterocycles. The maximum absolute atomic E-state index is 12.6. The van der Waals surface area contributed by atoms with Crippen LogP contribution in [0.3, 0.4) is 0 Å². The SMILES string of the molecule is COc1cc(C=C(C#N)C(=O)Nc2cccc(C)c2)c(Br)cc1OCc1ccc(Cl)cc1Cl. The molecule has 1 amide bonds. The minimum absolute atomic E-state index is 0.0547. The Balaban J connectivity index is 1.83. The fourth-order valence-electron chi connectivity index (χ4n) is 2.95. The van der Waals surface area contributed by atoms with Gasteiger partial charge >= 0.3 is 0 Å². The lowest BCUT2D eigenvalue weighted by Gasteiger charge is -2.14. The topological polar surface area (TPSA) is 71.3 Å². The third kappa shape index (κ3) is 6.52. The molecular weight excluding hydrogens is 527 g/mol. The monoisotopic (exact) mass is 544 g/mol. The maximum Gasteiger partial charge on any atom is 0.266 e. The highest BCUT2D eigenvalue weighted by atomic mass is 79.9. The second-order valence-corrected chi connectivity index (χ2v) is 8.74. The molecule has 0 bridgehead atoms. The summed E-state index contributed by atoms with van der Waals surface area (Å²) in [5.74, 6) is 0.396. The number of halogens is 3. The summed E-state index contributed by atoms with van der Waals surface area (Å²) in [4.78, 5) is 12.6. The molecule has 3 rings (SSSR count). The van der Waals surface area contributed by atoms with Gasteiger partial charge in [-0.2, -0.15) is 5.26 Å². The van der Waals surface area contributed by atoms with Crippen LogP contribution in [-0.4, -0.2) is 13.0 Å². The second kappa shape index (κ2) is 11.2. The zero-order valence-electron chi connectivity index (χ0n) is 17.8. The lowest BCUT2D eigenvalue weighted by Crippen LogP contribution is -2.13. The molecule has 33 heavy (non-hydrogen) atoms. The quantitative estimate of drug-likeness (QED) is 0.252. The Kier molecular flexibility index (Phi) is 8.40. The highest BCUT2D eigenvalue weighted by Crippen LogP contribution is 2.35. The first-order valence-electron chi connectivity index (χ1n) is 9.74. The van der Waals surface area contributed by atoms with Crippen LogP contribution in [0.15, 0.2) is 64.6 Å². The fraction of sp³-hybridized carbons (Fsp3) is 0.120. The van der Waals surface area contributed by atoms with Crippen LogP contribution in [0.25, 0.3) is 6.08 Å². The van der Waals surface area contributed by atoms with Crippen LogP contribution in [0.2, 0.25) is 10.0 Å². The van der Waals surface area contributed by atoms with E-state index in [1.807, 2.05) is 31.2 Å². The Hall–Kier alpha value is -2.98. The van der Waals surface area contributed by atoms with Crippen LogP contribution >= 0.6 is 39.1 Å². The van der Waals surface area contributed by atoms with E-state index >= 15 is 0 Å². The lowest BCUT2D eigenvalue weighted by atomic mass is 10.1. The molecule has 0 saturated carbocycles. The smallest absolute Gasteiger partial charge is 0.266 e. The third-order valence-electron chi connectivity index (χ3n) is 4.62. The van der Waals surface area contributed by atoms with E-state index in [4.69, 9.17) is 32.7 Å². The molecule has 1 N–H and O–H groups in total. The van der Waals surface area contributed by atoms with Gasteiger partial charge in [-0.1, -0.05) is 57.3 Å². The number of anilines is 1. The lowest BCUT2D eigenvalue weighted by molar-refractivity contribution is -0.112. The first-order valence-corrected chi connectivity index (χ1v) is 11.3. The summed E-state index contributed by atoms with van der Waals surface area (Å²) in [6, 6.07) is 17.9. The number of carbonyl (C=O) groups excluding carboxylic acids is 1. The third-order valence-corrected chi connectivity index (χ3v) is 5.90. The molecule has 0 heterocycles. The summed E-state index contributed by atoms with van der Waals surface area (Å²) in [7, 11) is 1.51. The van der Waals surface area contributed by atoms with Crippen molar-refractivity contribution in [1.82, 2.24) is 0 Å². The molecule has 0 saturated heterocycles. The predicted molar refractivity (Wildman–Crippen MR) is 135 cm³/mol. The molecule has 0 aliphatic carbocycles. The molecule has 0 unspecified atom stereocenters. The van der Waals surface area contributed by atoms with Gasteiger partial charge in [-0.3, -0.25) is 4.79 Å². The number of amides is 1. The van der Waals surface area contributed by atoms with E-state index in [-0.39, 0.29) is 12.2 Å². The summed E-state index contributed by atoms with van der Waals surface area (Å²) in [6.45, 7) is 2.13. The van der Waals surface area contributed by atoms with Gasteiger partial charge in [-0.25, -0.2) is 0 Å². The normalized spacial score (nSPS) is 11.0. The molecular formula is C25H19BrCl2N2O3. The standard InChI is InChI=1S/C25H19BrCl2N2O3/c1-15-4-3-5-20(8-15)30-25(31)18(13-29)9-17-10-23(32-2)24(12-21(17)26)33-14-16-6-7-19(27)11-22(16)28/h3-12H,14H2,1-2H3,(H,30,31). The first kappa shape index (κ1) is 24.7. The molecule has 3 aromatic rings. The largest absolute Gasteiger partial charge is 0.493 e. The van der Waals surface area contributed by atoms with Crippen molar-refractivity contribution < 1.29 is 14.3 Å². The zero-order valence-corrected chi connectivity index (χ0v) is 20.9. The Morgan fingerprint density at radius 3 is 2.61 bits per heavy atom. The van der Waals surface area contributed by atoms with Crippen LogP contribution in [0.5, 0.6) is 11.5 Å². The van der Waals surface area contributed by atoms with Crippen molar-refractivity contribution in [2.45, 2.75) is 13.5 Å². The minimum atomic E-state index is -0.508. The second-order valence-electron chi connectivity index (χ2n) is 7.04. The number of nitriles is 1. The Morgan fingerprint density at radius 1 is 1.15 bits per heavy atom. The Morgan fingerprint density at radius 2 is 1.94 bits per heavy atom. The Labute approximate surface area is 210 Å². The van der Waals surface area contributed by atoms with E-state index in [1.165, 1.54) is 13.2 Å². The highest BCUT2D eigenvalue weighted by Gasteiger charge is 2.14.